The van der Waals surface area contributed by atoms with E-state index in [9.17, 15) is 9.90 Å². The van der Waals surface area contributed by atoms with Crippen molar-refractivity contribution >= 4 is 40.3 Å². The predicted molar refractivity (Wildman–Crippen MR) is 145 cm³/mol. The van der Waals surface area contributed by atoms with Crippen molar-refractivity contribution in [2.75, 3.05) is 14.1 Å². The number of aryl methyl sites for hydroxylation is 2. The quantitative estimate of drug-likeness (QED) is 0.269. The molecule has 4 aromatic rings. The summed E-state index contributed by atoms with van der Waals surface area (Å²) in [4.78, 5) is 21.2. The fraction of sp³-hybridized carbons (Fsp3) is 0.214. The van der Waals surface area contributed by atoms with Gasteiger partial charge in [0.25, 0.3) is 6.01 Å². The molecule has 0 amide bonds. The number of rotatable bonds is 8. The number of aromatic amines is 1. The number of H-pyrrole nitrogens is 1. The van der Waals surface area contributed by atoms with E-state index in [1.165, 1.54) is 11.6 Å². The van der Waals surface area contributed by atoms with Crippen LogP contribution in [-0.4, -0.2) is 44.6 Å². The van der Waals surface area contributed by atoms with Crippen LogP contribution in [0.25, 0.3) is 22.7 Å². The third kappa shape index (κ3) is 5.08. The fourth-order valence-corrected chi connectivity index (χ4v) is 4.44. The van der Waals surface area contributed by atoms with Gasteiger partial charge in [0.05, 0.1) is 21.6 Å². The van der Waals surface area contributed by atoms with Crippen molar-refractivity contribution < 1.29 is 14.6 Å². The number of hydrogen-bond donors (Lipinski definition) is 2. The summed E-state index contributed by atoms with van der Waals surface area (Å²) in [6.07, 6.45) is 6.05. The summed E-state index contributed by atoms with van der Waals surface area (Å²) in [5.41, 5.74) is 7.39. The summed E-state index contributed by atoms with van der Waals surface area (Å²) in [6.45, 7) is 8.67. The Morgan fingerprint density at radius 1 is 1.25 bits per heavy atom. The van der Waals surface area contributed by atoms with E-state index in [2.05, 4.69) is 45.2 Å². The van der Waals surface area contributed by atoms with Crippen molar-refractivity contribution in [3.8, 4) is 11.8 Å². The van der Waals surface area contributed by atoms with Gasteiger partial charge in [0, 0.05) is 36.6 Å². The molecule has 7 nitrogen and oxygen atoms in total. The maximum atomic E-state index is 11.5. The van der Waals surface area contributed by atoms with E-state index in [4.69, 9.17) is 16.3 Å². The number of hydrogen-bond acceptors (Lipinski definition) is 4. The molecule has 0 aliphatic rings. The van der Waals surface area contributed by atoms with Gasteiger partial charge in [-0.25, -0.2) is 4.79 Å². The first kappa shape index (κ1) is 25.3. The van der Waals surface area contributed by atoms with Gasteiger partial charge in [0.15, 0.2) is 0 Å². The van der Waals surface area contributed by atoms with Gasteiger partial charge in [-0.3, -0.25) is 0 Å². The molecule has 36 heavy (non-hydrogen) atoms. The monoisotopic (exact) mass is 504 g/mol. The van der Waals surface area contributed by atoms with Crippen molar-refractivity contribution in [3.63, 3.8) is 0 Å². The van der Waals surface area contributed by atoms with Crippen molar-refractivity contribution in [2.24, 2.45) is 7.05 Å². The third-order valence-electron chi connectivity index (χ3n) is 6.13. The average molecular weight is 505 g/mol. The number of fused-ring (bicyclic) bond motifs is 1. The van der Waals surface area contributed by atoms with Crippen LogP contribution < -0.4 is 4.74 Å². The van der Waals surface area contributed by atoms with Gasteiger partial charge < -0.3 is 24.3 Å². The molecule has 0 atom stereocenters. The van der Waals surface area contributed by atoms with Crippen LogP contribution in [0.3, 0.4) is 0 Å². The molecule has 2 heterocycles. The van der Waals surface area contributed by atoms with E-state index >= 15 is 0 Å². The molecule has 0 bridgehead atoms. The Labute approximate surface area is 215 Å². The third-order valence-corrected chi connectivity index (χ3v) is 6.45. The van der Waals surface area contributed by atoms with E-state index in [0.717, 1.165) is 28.9 Å². The summed E-state index contributed by atoms with van der Waals surface area (Å²) in [6, 6.07) is 8.84. The molecule has 186 valence electrons. The van der Waals surface area contributed by atoms with Crippen LogP contribution in [0.5, 0.6) is 11.8 Å². The number of ether oxygens (including phenoxy) is 1. The highest BCUT2D eigenvalue weighted by atomic mass is 35.5. The molecule has 0 spiro atoms. The largest absolute Gasteiger partial charge is 0.478 e. The maximum Gasteiger partial charge on any atom is 0.336 e. The second-order valence-corrected chi connectivity index (χ2v) is 9.49. The average Bonchev–Trinajstić information content (AvgIpc) is 3.31. The number of nitrogens with one attached hydrogen (secondary N) is 1. The van der Waals surface area contributed by atoms with Gasteiger partial charge in [0.2, 0.25) is 0 Å². The van der Waals surface area contributed by atoms with Crippen molar-refractivity contribution in [1.82, 2.24) is 19.4 Å². The first-order valence-corrected chi connectivity index (χ1v) is 11.8. The molecule has 2 N–H and O–H groups in total. The number of benzene rings is 2. The number of aromatic carboxylic acids is 1. The van der Waals surface area contributed by atoms with Crippen LogP contribution in [0, 0.1) is 13.8 Å². The topological polar surface area (TPSA) is 83.4 Å². The molecule has 0 saturated heterocycles. The number of carbonyl (C=O) groups is 1. The van der Waals surface area contributed by atoms with Gasteiger partial charge in [-0.2, -0.15) is 4.98 Å². The molecule has 0 aliphatic carbocycles. The number of aromatic nitrogens is 3. The van der Waals surface area contributed by atoms with Crippen LogP contribution in [0.15, 0.2) is 49.2 Å². The molecule has 8 heteroatoms. The van der Waals surface area contributed by atoms with E-state index < -0.39 is 5.97 Å². The molecule has 0 unspecified atom stereocenters. The summed E-state index contributed by atoms with van der Waals surface area (Å²) in [5.74, 6) is -0.631. The minimum atomic E-state index is -1.01. The fourth-order valence-electron chi connectivity index (χ4n) is 4.17. The molecule has 0 fully saturated rings. The molecule has 0 aliphatic heterocycles. The number of halogens is 1. The lowest BCUT2D eigenvalue weighted by Gasteiger charge is -2.11. The molecule has 2 aromatic carbocycles. The van der Waals surface area contributed by atoms with E-state index in [1.807, 2.05) is 27.2 Å². The Hall–Kier alpha value is -3.81. The second-order valence-electron chi connectivity index (χ2n) is 9.08. The molecule has 4 rings (SSSR count). The van der Waals surface area contributed by atoms with E-state index in [0.29, 0.717) is 27.4 Å². The zero-order valence-corrected chi connectivity index (χ0v) is 21.8. The van der Waals surface area contributed by atoms with Crippen LogP contribution in [0.2, 0.25) is 5.02 Å². The number of carboxylic acids is 1. The molecular formula is C28H29ClN4O3. The number of nitrogens with zero attached hydrogens (tertiary/aromatic N) is 3. The number of allylic oxidation sites excluding steroid dienone is 2. The van der Waals surface area contributed by atoms with Crippen molar-refractivity contribution in [1.29, 1.82) is 0 Å². The summed E-state index contributed by atoms with van der Waals surface area (Å²) in [7, 11) is 6.13. The Kier molecular flexibility index (Phi) is 7.06. The Bertz CT molecular complexity index is 1510. The first-order valence-electron chi connectivity index (χ1n) is 11.4. The minimum Gasteiger partial charge on any atom is -0.478 e. The lowest BCUT2D eigenvalue weighted by Crippen LogP contribution is -2.10. The van der Waals surface area contributed by atoms with Gasteiger partial charge >= 0.3 is 5.97 Å². The zero-order valence-electron chi connectivity index (χ0n) is 21.0. The standard InChI is InChI=1S/C28H29ClN4O3/c1-7-18(10-22-17(3)33(6)15-19(22)14-32(4)5)23-12-25-26(13-24(23)29)31-28(30-25)36-20-9-8-16(2)21(11-20)27(34)35/h7-13,15H,1,14H2,2-6H3,(H,30,31)(H,34,35)/b18-10+. The first-order chi connectivity index (χ1) is 17.1. The van der Waals surface area contributed by atoms with Gasteiger partial charge in [-0.1, -0.05) is 30.3 Å². The summed E-state index contributed by atoms with van der Waals surface area (Å²) < 4.78 is 7.95. The number of imidazole rings is 1. The predicted octanol–water partition coefficient (Wildman–Crippen LogP) is 6.45. The van der Waals surface area contributed by atoms with Gasteiger partial charge in [-0.05, 0) is 75.0 Å². The number of carboxylic acid groups (broad SMARTS) is 1. The Balaban J connectivity index is 1.72. The van der Waals surface area contributed by atoms with Gasteiger partial charge in [-0.15, -0.1) is 0 Å². The maximum absolute atomic E-state index is 11.5. The SMILES string of the molecule is C=C/C(=C\c1c(CN(C)C)cn(C)c1C)c1cc2nc(Oc3ccc(C)c(C(=O)O)c3)[nH]c2cc1Cl. The summed E-state index contributed by atoms with van der Waals surface area (Å²) >= 11 is 6.70. The molecule has 0 radical (unpaired) electrons. The normalized spacial score (nSPS) is 11.9. The molecule has 0 saturated carbocycles. The van der Waals surface area contributed by atoms with E-state index in [-0.39, 0.29) is 11.6 Å². The van der Waals surface area contributed by atoms with E-state index in [1.54, 1.807) is 31.2 Å². The Morgan fingerprint density at radius 3 is 2.67 bits per heavy atom. The highest BCUT2D eigenvalue weighted by molar-refractivity contribution is 6.33. The van der Waals surface area contributed by atoms with Crippen LogP contribution in [-0.2, 0) is 13.6 Å². The smallest absolute Gasteiger partial charge is 0.336 e. The zero-order chi connectivity index (χ0) is 26.1. The summed E-state index contributed by atoms with van der Waals surface area (Å²) in [5, 5.41) is 9.93. The van der Waals surface area contributed by atoms with Crippen LogP contribution in [0.1, 0.15) is 38.3 Å². The van der Waals surface area contributed by atoms with Crippen LogP contribution >= 0.6 is 11.6 Å². The minimum absolute atomic E-state index is 0.180. The van der Waals surface area contributed by atoms with Crippen LogP contribution in [0.4, 0.5) is 0 Å². The van der Waals surface area contributed by atoms with Gasteiger partial charge in [0.1, 0.15) is 5.75 Å². The van der Waals surface area contributed by atoms with Crippen molar-refractivity contribution in [3.05, 3.63) is 87.7 Å². The highest BCUT2D eigenvalue weighted by Gasteiger charge is 2.15. The lowest BCUT2D eigenvalue weighted by atomic mass is 10.00. The van der Waals surface area contributed by atoms with Crippen molar-refractivity contribution in [2.45, 2.75) is 20.4 Å². The molecular weight excluding hydrogens is 476 g/mol. The molecule has 2 aromatic heterocycles. The lowest BCUT2D eigenvalue weighted by molar-refractivity contribution is 0.0695. The Morgan fingerprint density at radius 2 is 2.00 bits per heavy atom. The highest BCUT2D eigenvalue weighted by Crippen LogP contribution is 2.33. The second kappa shape index (κ2) is 10.0.